The molecule has 2 aromatic heterocycles. The number of hydrogen-bond acceptors (Lipinski definition) is 4. The summed E-state index contributed by atoms with van der Waals surface area (Å²) in [5.41, 5.74) is 4.98. The van der Waals surface area contributed by atoms with Crippen molar-refractivity contribution in [1.82, 2.24) is 19.7 Å². The predicted molar refractivity (Wildman–Crippen MR) is 86.5 cm³/mol. The third kappa shape index (κ3) is 2.05. The quantitative estimate of drug-likeness (QED) is 0.789. The molecule has 3 heterocycles. The van der Waals surface area contributed by atoms with Crippen molar-refractivity contribution in [3.05, 3.63) is 52.9 Å². The predicted octanol–water partition coefficient (Wildman–Crippen LogP) is 3.26. The minimum atomic E-state index is 0.729. The molecule has 0 saturated carbocycles. The Morgan fingerprint density at radius 2 is 2.18 bits per heavy atom. The molecule has 22 heavy (non-hydrogen) atoms. The van der Waals surface area contributed by atoms with Crippen molar-refractivity contribution in [2.45, 2.75) is 13.3 Å². The summed E-state index contributed by atoms with van der Waals surface area (Å²) in [6.45, 7) is 2.94. The number of halogens is 1. The van der Waals surface area contributed by atoms with Crippen molar-refractivity contribution < 1.29 is 0 Å². The fourth-order valence-corrected chi connectivity index (χ4v) is 3.06. The van der Waals surface area contributed by atoms with Gasteiger partial charge in [0.05, 0.1) is 11.9 Å². The Kier molecular flexibility index (Phi) is 3.08. The lowest BCUT2D eigenvalue weighted by Crippen LogP contribution is -2.05. The molecule has 1 aliphatic heterocycles. The van der Waals surface area contributed by atoms with Crippen molar-refractivity contribution in [2.75, 3.05) is 11.9 Å². The third-order valence-electron chi connectivity index (χ3n) is 3.84. The van der Waals surface area contributed by atoms with Gasteiger partial charge < -0.3 is 5.32 Å². The lowest BCUT2D eigenvalue weighted by molar-refractivity contribution is 0.872. The number of aryl methyl sites for hydroxylation is 1. The van der Waals surface area contributed by atoms with Crippen LogP contribution in [0.4, 0.5) is 5.82 Å². The van der Waals surface area contributed by atoms with E-state index in [0.29, 0.717) is 0 Å². The van der Waals surface area contributed by atoms with Crippen LogP contribution in [-0.2, 0) is 6.42 Å². The normalized spacial score (nSPS) is 13.0. The van der Waals surface area contributed by atoms with E-state index in [1.54, 1.807) is 18.6 Å². The minimum absolute atomic E-state index is 0.729. The number of nitrogens with one attached hydrogen (secondary N) is 1. The maximum Gasteiger partial charge on any atom is 0.133 e. The van der Waals surface area contributed by atoms with Crippen LogP contribution in [0.3, 0.4) is 0 Å². The number of anilines is 1. The van der Waals surface area contributed by atoms with Gasteiger partial charge >= 0.3 is 0 Å². The second kappa shape index (κ2) is 5.10. The Hall–Kier alpha value is -2.40. The molecule has 1 aliphatic rings. The van der Waals surface area contributed by atoms with Gasteiger partial charge in [-0.1, -0.05) is 11.6 Å². The van der Waals surface area contributed by atoms with Crippen LogP contribution >= 0.6 is 11.6 Å². The highest BCUT2D eigenvalue weighted by Crippen LogP contribution is 2.34. The lowest BCUT2D eigenvalue weighted by Gasteiger charge is -2.09. The molecule has 0 atom stereocenters. The van der Waals surface area contributed by atoms with Crippen LogP contribution in [0, 0.1) is 6.92 Å². The molecule has 0 bridgehead atoms. The molecule has 1 N–H and O–H groups in total. The summed E-state index contributed by atoms with van der Waals surface area (Å²) in [4.78, 5) is 8.53. The number of nitrogens with zero attached hydrogens (tertiary/aromatic N) is 4. The molecule has 3 aromatic rings. The zero-order chi connectivity index (χ0) is 15.1. The molecule has 110 valence electrons. The highest BCUT2D eigenvalue weighted by molar-refractivity contribution is 6.30. The first-order valence-electron chi connectivity index (χ1n) is 7.13. The van der Waals surface area contributed by atoms with Gasteiger partial charge in [0.25, 0.3) is 0 Å². The Morgan fingerprint density at radius 1 is 1.27 bits per heavy atom. The van der Waals surface area contributed by atoms with Crippen LogP contribution < -0.4 is 5.32 Å². The molecule has 1 aromatic carbocycles. The second-order valence-corrected chi connectivity index (χ2v) is 5.72. The van der Waals surface area contributed by atoms with E-state index in [-0.39, 0.29) is 0 Å². The summed E-state index contributed by atoms with van der Waals surface area (Å²) in [7, 11) is 0. The molecule has 0 spiro atoms. The summed E-state index contributed by atoms with van der Waals surface area (Å²) in [6.07, 6.45) is 6.05. The van der Waals surface area contributed by atoms with Crippen LogP contribution in [-0.4, -0.2) is 26.3 Å². The summed E-state index contributed by atoms with van der Waals surface area (Å²) >= 11 is 6.06. The lowest BCUT2D eigenvalue weighted by atomic mass is 10.1. The number of benzene rings is 1. The van der Waals surface area contributed by atoms with Crippen molar-refractivity contribution in [3.63, 3.8) is 0 Å². The monoisotopic (exact) mass is 311 g/mol. The smallest absolute Gasteiger partial charge is 0.133 e. The topological polar surface area (TPSA) is 55.6 Å². The van der Waals surface area contributed by atoms with E-state index in [0.717, 1.165) is 46.4 Å². The molecule has 0 radical (unpaired) electrons. The van der Waals surface area contributed by atoms with E-state index in [2.05, 4.69) is 15.3 Å². The highest BCUT2D eigenvalue weighted by atomic mass is 35.5. The van der Waals surface area contributed by atoms with Gasteiger partial charge in [-0.2, -0.15) is 5.10 Å². The fourth-order valence-electron chi connectivity index (χ4n) is 2.83. The molecule has 4 rings (SSSR count). The summed E-state index contributed by atoms with van der Waals surface area (Å²) in [5, 5.41) is 8.92. The highest BCUT2D eigenvalue weighted by Gasteiger charge is 2.25. The van der Waals surface area contributed by atoms with Gasteiger partial charge in [0.15, 0.2) is 0 Å². The molecule has 0 unspecified atom stereocenters. The first-order chi connectivity index (χ1) is 10.7. The first-order valence-corrected chi connectivity index (χ1v) is 7.50. The zero-order valence-electron chi connectivity index (χ0n) is 12.0. The van der Waals surface area contributed by atoms with Crippen molar-refractivity contribution in [3.8, 4) is 17.1 Å². The zero-order valence-corrected chi connectivity index (χ0v) is 12.8. The number of rotatable bonds is 2. The average Bonchev–Trinajstić information content (AvgIpc) is 3.11. The van der Waals surface area contributed by atoms with Crippen LogP contribution in [0.2, 0.25) is 5.02 Å². The van der Waals surface area contributed by atoms with E-state index in [9.17, 15) is 0 Å². The minimum Gasteiger partial charge on any atom is -0.369 e. The van der Waals surface area contributed by atoms with Gasteiger partial charge in [-0.05, 0) is 37.1 Å². The molecule has 5 nitrogen and oxygen atoms in total. The number of fused-ring (bicyclic) bond motifs is 1. The van der Waals surface area contributed by atoms with E-state index < -0.39 is 0 Å². The summed E-state index contributed by atoms with van der Waals surface area (Å²) < 4.78 is 1.94. The maximum atomic E-state index is 6.06. The van der Waals surface area contributed by atoms with Gasteiger partial charge in [0, 0.05) is 29.5 Å². The Labute approximate surface area is 133 Å². The summed E-state index contributed by atoms with van der Waals surface area (Å²) in [6, 6.07) is 5.82. The van der Waals surface area contributed by atoms with Crippen molar-refractivity contribution in [1.29, 1.82) is 0 Å². The summed E-state index contributed by atoms with van der Waals surface area (Å²) in [5.74, 6) is 1.03. The van der Waals surface area contributed by atoms with Crippen molar-refractivity contribution >= 4 is 17.4 Å². The average molecular weight is 312 g/mol. The Bertz CT molecular complexity index is 841. The molecule has 0 saturated heterocycles. The standard InChI is InChI=1S/C16H14ClN5/c1-10-8-11(17)2-3-14(10)22-16-12(4-5-20-16)15(21-22)13-9-18-6-7-19-13/h2-3,6-9,20H,4-5H2,1H3. The van der Waals surface area contributed by atoms with Crippen LogP contribution in [0.5, 0.6) is 0 Å². The SMILES string of the molecule is Cc1cc(Cl)ccc1-n1nc(-c2cnccn2)c2c1NCC2. The maximum absolute atomic E-state index is 6.06. The third-order valence-corrected chi connectivity index (χ3v) is 4.08. The number of hydrogen-bond donors (Lipinski definition) is 1. The van der Waals surface area contributed by atoms with Crippen LogP contribution in [0.25, 0.3) is 17.1 Å². The second-order valence-electron chi connectivity index (χ2n) is 5.29. The van der Waals surface area contributed by atoms with Crippen molar-refractivity contribution in [2.24, 2.45) is 0 Å². The van der Waals surface area contributed by atoms with Gasteiger partial charge in [-0.3, -0.25) is 9.97 Å². The van der Waals surface area contributed by atoms with Gasteiger partial charge in [0.1, 0.15) is 17.2 Å². The molecular formula is C16H14ClN5. The van der Waals surface area contributed by atoms with Crippen LogP contribution in [0.1, 0.15) is 11.1 Å². The molecule has 6 heteroatoms. The van der Waals surface area contributed by atoms with Crippen LogP contribution in [0.15, 0.2) is 36.8 Å². The molecule has 0 fully saturated rings. The fraction of sp³-hybridized carbons (Fsp3) is 0.188. The Balaban J connectivity index is 1.92. The Morgan fingerprint density at radius 3 is 2.95 bits per heavy atom. The first kappa shape index (κ1) is 13.3. The van der Waals surface area contributed by atoms with E-state index >= 15 is 0 Å². The van der Waals surface area contributed by atoms with E-state index in [4.69, 9.17) is 16.7 Å². The molecule has 0 amide bonds. The largest absolute Gasteiger partial charge is 0.369 e. The number of aromatic nitrogens is 4. The molecular weight excluding hydrogens is 298 g/mol. The van der Waals surface area contributed by atoms with Gasteiger partial charge in [-0.15, -0.1) is 0 Å². The van der Waals surface area contributed by atoms with E-state index in [1.807, 2.05) is 29.8 Å². The van der Waals surface area contributed by atoms with Gasteiger partial charge in [0.2, 0.25) is 0 Å². The van der Waals surface area contributed by atoms with E-state index in [1.165, 1.54) is 5.56 Å². The van der Waals surface area contributed by atoms with Gasteiger partial charge in [-0.25, -0.2) is 4.68 Å². The molecule has 0 aliphatic carbocycles.